The molecule has 0 aliphatic heterocycles. The van der Waals surface area contributed by atoms with E-state index in [1.165, 1.54) is 12.5 Å². The molecular weight excluding hydrogens is 264 g/mol. The Morgan fingerprint density at radius 2 is 1.90 bits per heavy atom. The molecule has 1 unspecified atom stereocenters. The number of amides is 2. The average molecular weight is 290 g/mol. The predicted octanol–water partition coefficient (Wildman–Crippen LogP) is 2.96. The molecule has 1 aromatic carbocycles. The van der Waals surface area contributed by atoms with Gasteiger partial charge in [0.1, 0.15) is 0 Å². The molecule has 4 nitrogen and oxygen atoms in total. The molecule has 0 aliphatic rings. The van der Waals surface area contributed by atoms with Crippen molar-refractivity contribution < 1.29 is 9.59 Å². The molecular formula is C17H26N2O2. The van der Waals surface area contributed by atoms with Crippen LogP contribution in [0.5, 0.6) is 0 Å². The lowest BCUT2D eigenvalue weighted by molar-refractivity contribution is -0.121. The van der Waals surface area contributed by atoms with Gasteiger partial charge in [0.25, 0.3) is 0 Å². The predicted molar refractivity (Wildman–Crippen MR) is 86.5 cm³/mol. The van der Waals surface area contributed by atoms with Crippen LogP contribution in [0.15, 0.2) is 18.2 Å². The van der Waals surface area contributed by atoms with Gasteiger partial charge in [-0.1, -0.05) is 13.0 Å². The first-order valence-electron chi connectivity index (χ1n) is 7.49. The molecule has 1 aromatic rings. The number of rotatable bonds is 6. The summed E-state index contributed by atoms with van der Waals surface area (Å²) in [6.07, 6.45) is 1.22. The molecule has 0 saturated heterocycles. The SMILES string of the molecule is CCC(C)NC(=O)CCN(C(C)=O)c1ccc(C)c(C)c1. The molecule has 2 amide bonds. The largest absolute Gasteiger partial charge is 0.354 e. The molecule has 0 heterocycles. The average Bonchev–Trinajstić information content (AvgIpc) is 2.42. The summed E-state index contributed by atoms with van der Waals surface area (Å²) >= 11 is 0. The number of nitrogens with one attached hydrogen (secondary N) is 1. The van der Waals surface area contributed by atoms with Crippen LogP contribution >= 0.6 is 0 Å². The molecule has 1 atom stereocenters. The fraction of sp³-hybridized carbons (Fsp3) is 0.529. The van der Waals surface area contributed by atoms with Crippen molar-refractivity contribution >= 4 is 17.5 Å². The van der Waals surface area contributed by atoms with E-state index in [0.717, 1.165) is 17.7 Å². The van der Waals surface area contributed by atoms with Crippen LogP contribution in [0.3, 0.4) is 0 Å². The first-order valence-corrected chi connectivity index (χ1v) is 7.49. The van der Waals surface area contributed by atoms with Gasteiger partial charge in [-0.25, -0.2) is 0 Å². The quantitative estimate of drug-likeness (QED) is 0.875. The Morgan fingerprint density at radius 1 is 1.24 bits per heavy atom. The molecule has 1 rings (SSSR count). The molecule has 1 N–H and O–H groups in total. The van der Waals surface area contributed by atoms with Gasteiger partial charge in [-0.3, -0.25) is 9.59 Å². The molecule has 0 radical (unpaired) electrons. The minimum atomic E-state index is -0.0467. The highest BCUT2D eigenvalue weighted by Crippen LogP contribution is 2.19. The monoisotopic (exact) mass is 290 g/mol. The van der Waals surface area contributed by atoms with Crippen LogP contribution in [0.25, 0.3) is 0 Å². The second-order valence-electron chi connectivity index (χ2n) is 5.57. The number of hydrogen-bond acceptors (Lipinski definition) is 2. The van der Waals surface area contributed by atoms with E-state index in [-0.39, 0.29) is 17.9 Å². The summed E-state index contributed by atoms with van der Waals surface area (Å²) in [6, 6.07) is 6.09. The summed E-state index contributed by atoms with van der Waals surface area (Å²) in [5, 5.41) is 2.92. The van der Waals surface area contributed by atoms with E-state index in [0.29, 0.717) is 13.0 Å². The molecule has 0 fully saturated rings. The summed E-state index contributed by atoms with van der Waals surface area (Å²) in [5.74, 6) is -0.0611. The lowest BCUT2D eigenvalue weighted by Crippen LogP contribution is -2.36. The van der Waals surface area contributed by atoms with E-state index in [9.17, 15) is 9.59 Å². The van der Waals surface area contributed by atoms with Crippen LogP contribution in [0.4, 0.5) is 5.69 Å². The van der Waals surface area contributed by atoms with Crippen molar-refractivity contribution in [2.45, 2.75) is 53.5 Å². The highest BCUT2D eigenvalue weighted by Gasteiger charge is 2.14. The van der Waals surface area contributed by atoms with Crippen molar-refractivity contribution in [3.8, 4) is 0 Å². The maximum Gasteiger partial charge on any atom is 0.223 e. The van der Waals surface area contributed by atoms with Crippen LogP contribution in [0, 0.1) is 13.8 Å². The summed E-state index contributed by atoms with van der Waals surface area (Å²) in [7, 11) is 0. The summed E-state index contributed by atoms with van der Waals surface area (Å²) in [4.78, 5) is 25.3. The van der Waals surface area contributed by atoms with Crippen LogP contribution in [0.2, 0.25) is 0 Å². The van der Waals surface area contributed by atoms with E-state index in [2.05, 4.69) is 5.32 Å². The van der Waals surface area contributed by atoms with Gasteiger partial charge in [-0.2, -0.15) is 0 Å². The van der Waals surface area contributed by atoms with Crippen molar-refractivity contribution in [1.29, 1.82) is 0 Å². The molecule has 0 aromatic heterocycles. The van der Waals surface area contributed by atoms with Gasteiger partial charge in [-0.15, -0.1) is 0 Å². The number of carbonyl (C=O) groups is 2. The second-order valence-corrected chi connectivity index (χ2v) is 5.57. The van der Waals surface area contributed by atoms with Crippen LogP contribution < -0.4 is 10.2 Å². The summed E-state index contributed by atoms with van der Waals surface area (Å²) < 4.78 is 0. The fourth-order valence-electron chi connectivity index (χ4n) is 2.02. The van der Waals surface area contributed by atoms with Gasteiger partial charge in [0, 0.05) is 31.6 Å². The number of nitrogens with zero attached hydrogens (tertiary/aromatic N) is 1. The zero-order valence-corrected chi connectivity index (χ0v) is 13.7. The minimum absolute atomic E-state index is 0.0144. The lowest BCUT2D eigenvalue weighted by atomic mass is 10.1. The Kier molecular flexibility index (Phi) is 6.40. The zero-order valence-electron chi connectivity index (χ0n) is 13.7. The smallest absolute Gasteiger partial charge is 0.223 e. The number of hydrogen-bond donors (Lipinski definition) is 1. The Hall–Kier alpha value is -1.84. The van der Waals surface area contributed by atoms with Crippen molar-refractivity contribution in [2.75, 3.05) is 11.4 Å². The van der Waals surface area contributed by atoms with Gasteiger partial charge in [0.05, 0.1) is 0 Å². The van der Waals surface area contributed by atoms with Gasteiger partial charge >= 0.3 is 0 Å². The van der Waals surface area contributed by atoms with E-state index in [4.69, 9.17) is 0 Å². The number of anilines is 1. The Labute approximate surface area is 127 Å². The highest BCUT2D eigenvalue weighted by molar-refractivity contribution is 5.92. The number of carbonyl (C=O) groups excluding carboxylic acids is 2. The Balaban J connectivity index is 2.72. The molecule has 0 bridgehead atoms. The highest BCUT2D eigenvalue weighted by atomic mass is 16.2. The van der Waals surface area contributed by atoms with E-state index >= 15 is 0 Å². The molecule has 21 heavy (non-hydrogen) atoms. The minimum Gasteiger partial charge on any atom is -0.354 e. The summed E-state index contributed by atoms with van der Waals surface area (Å²) in [5.41, 5.74) is 3.18. The lowest BCUT2D eigenvalue weighted by Gasteiger charge is -2.22. The van der Waals surface area contributed by atoms with Gasteiger partial charge in [-0.05, 0) is 50.5 Å². The third kappa shape index (κ3) is 5.21. The molecule has 4 heteroatoms. The summed E-state index contributed by atoms with van der Waals surface area (Å²) in [6.45, 7) is 10.00. The van der Waals surface area contributed by atoms with Crippen LogP contribution in [-0.4, -0.2) is 24.4 Å². The third-order valence-electron chi connectivity index (χ3n) is 3.76. The third-order valence-corrected chi connectivity index (χ3v) is 3.76. The standard InChI is InChI=1S/C17H26N2O2/c1-6-14(4)18-17(21)9-10-19(15(5)20)16-8-7-12(2)13(3)11-16/h7-8,11,14H,6,9-10H2,1-5H3,(H,18,21). The van der Waals surface area contributed by atoms with E-state index in [1.54, 1.807) is 4.90 Å². The van der Waals surface area contributed by atoms with Gasteiger partial charge < -0.3 is 10.2 Å². The fourth-order valence-corrected chi connectivity index (χ4v) is 2.02. The Morgan fingerprint density at radius 3 is 2.43 bits per heavy atom. The molecule has 0 saturated carbocycles. The van der Waals surface area contributed by atoms with Gasteiger partial charge in [0.2, 0.25) is 11.8 Å². The maximum atomic E-state index is 11.8. The normalized spacial score (nSPS) is 11.9. The van der Waals surface area contributed by atoms with Crippen LogP contribution in [0.1, 0.15) is 44.7 Å². The van der Waals surface area contributed by atoms with Gasteiger partial charge in [0.15, 0.2) is 0 Å². The number of aryl methyl sites for hydroxylation is 2. The van der Waals surface area contributed by atoms with Crippen molar-refractivity contribution in [3.63, 3.8) is 0 Å². The van der Waals surface area contributed by atoms with Crippen molar-refractivity contribution in [1.82, 2.24) is 5.32 Å². The molecule has 116 valence electrons. The molecule has 0 spiro atoms. The number of benzene rings is 1. The van der Waals surface area contributed by atoms with E-state index in [1.807, 2.05) is 45.9 Å². The Bertz CT molecular complexity index is 512. The first kappa shape index (κ1) is 17.2. The molecule has 0 aliphatic carbocycles. The maximum absolute atomic E-state index is 11.8. The topological polar surface area (TPSA) is 49.4 Å². The second kappa shape index (κ2) is 7.81. The van der Waals surface area contributed by atoms with Crippen molar-refractivity contribution in [2.24, 2.45) is 0 Å². The first-order chi connectivity index (χ1) is 9.85. The van der Waals surface area contributed by atoms with E-state index < -0.39 is 0 Å². The van der Waals surface area contributed by atoms with Crippen molar-refractivity contribution in [3.05, 3.63) is 29.3 Å². The van der Waals surface area contributed by atoms with Crippen LogP contribution in [-0.2, 0) is 9.59 Å². The zero-order chi connectivity index (χ0) is 16.0.